The Morgan fingerprint density at radius 2 is 2.00 bits per heavy atom. The Balaban J connectivity index is 1.97. The standard InChI is InChI=1S/C25H32FN3O6/c1-14-11-16(7-9-17(14)26)8-10-19(30)20-21(31)23(32)29-15(2)12-34-13-18(22(29)27-20)28(6)24(33)35-25(3,4)5/h7,9,11,15,18,31H,8,10,12-13H2,1-6H3/t15-,18-/m0/s1. The molecule has 0 aliphatic carbocycles. The Bertz CT molecular complexity index is 1190. The molecule has 1 N–H and O–H groups in total. The number of aryl methyl sites for hydroxylation is 2. The highest BCUT2D eigenvalue weighted by atomic mass is 19.1. The summed E-state index contributed by atoms with van der Waals surface area (Å²) in [5, 5.41) is 10.6. The molecule has 0 spiro atoms. The summed E-state index contributed by atoms with van der Waals surface area (Å²) in [7, 11) is 1.50. The number of carbonyl (C=O) groups excluding carboxylic acids is 2. The lowest BCUT2D eigenvalue weighted by Crippen LogP contribution is -2.40. The van der Waals surface area contributed by atoms with Crippen LogP contribution in [0.15, 0.2) is 23.0 Å². The lowest BCUT2D eigenvalue weighted by Gasteiger charge is -2.30. The predicted octanol–water partition coefficient (Wildman–Crippen LogP) is 3.71. The molecule has 9 nitrogen and oxygen atoms in total. The monoisotopic (exact) mass is 489 g/mol. The average Bonchev–Trinajstić information content (AvgIpc) is 2.93. The molecule has 10 heteroatoms. The van der Waals surface area contributed by atoms with Gasteiger partial charge in [0, 0.05) is 13.5 Å². The number of fused-ring (bicyclic) bond motifs is 1. The molecule has 1 aromatic carbocycles. The number of hydrogen-bond acceptors (Lipinski definition) is 7. The Morgan fingerprint density at radius 1 is 1.31 bits per heavy atom. The second-order valence-corrected chi connectivity index (χ2v) is 9.84. The Hall–Kier alpha value is -3.27. The van der Waals surface area contributed by atoms with Gasteiger partial charge in [0.05, 0.1) is 19.3 Å². The van der Waals surface area contributed by atoms with Gasteiger partial charge >= 0.3 is 6.09 Å². The predicted molar refractivity (Wildman–Crippen MR) is 126 cm³/mol. The molecule has 35 heavy (non-hydrogen) atoms. The molecular formula is C25H32FN3O6. The molecule has 1 amide bonds. The number of nitrogens with zero attached hydrogens (tertiary/aromatic N) is 3. The zero-order valence-corrected chi connectivity index (χ0v) is 20.9. The van der Waals surface area contributed by atoms with Gasteiger partial charge < -0.3 is 14.6 Å². The number of ketones is 1. The summed E-state index contributed by atoms with van der Waals surface area (Å²) >= 11 is 0. The largest absolute Gasteiger partial charge is 0.501 e. The average molecular weight is 490 g/mol. The van der Waals surface area contributed by atoms with Crippen LogP contribution in [0, 0.1) is 12.7 Å². The van der Waals surface area contributed by atoms with Crippen LogP contribution in [0.1, 0.15) is 73.6 Å². The molecule has 0 unspecified atom stereocenters. The molecule has 1 aliphatic heterocycles. The number of halogens is 1. The van der Waals surface area contributed by atoms with Gasteiger partial charge in [0.2, 0.25) is 5.75 Å². The molecule has 2 aromatic rings. The number of likely N-dealkylation sites (N-methyl/N-ethyl adjacent to an activating group) is 1. The van der Waals surface area contributed by atoms with Gasteiger partial charge in [-0.2, -0.15) is 0 Å². The summed E-state index contributed by atoms with van der Waals surface area (Å²) in [6.45, 7) is 8.74. The van der Waals surface area contributed by atoms with Crippen LogP contribution in [0.25, 0.3) is 0 Å². The Morgan fingerprint density at radius 3 is 2.63 bits per heavy atom. The van der Waals surface area contributed by atoms with Gasteiger partial charge in [-0.15, -0.1) is 0 Å². The van der Waals surface area contributed by atoms with E-state index in [1.807, 2.05) is 0 Å². The van der Waals surface area contributed by atoms with Crippen LogP contribution in [-0.2, 0) is 15.9 Å². The summed E-state index contributed by atoms with van der Waals surface area (Å²) in [6, 6.07) is 3.25. The first-order chi connectivity index (χ1) is 16.3. The first kappa shape index (κ1) is 26.3. The zero-order valence-electron chi connectivity index (χ0n) is 20.9. The van der Waals surface area contributed by atoms with Crippen molar-refractivity contribution in [1.82, 2.24) is 14.5 Å². The van der Waals surface area contributed by atoms with E-state index in [1.54, 1.807) is 46.8 Å². The number of ether oxygens (including phenoxy) is 2. The number of carbonyl (C=O) groups is 2. The number of benzene rings is 1. The first-order valence-corrected chi connectivity index (χ1v) is 11.5. The van der Waals surface area contributed by atoms with Crippen molar-refractivity contribution in [3.63, 3.8) is 0 Å². The van der Waals surface area contributed by atoms with E-state index in [0.29, 0.717) is 5.56 Å². The number of aromatic nitrogens is 2. The molecule has 3 rings (SSSR count). The quantitative estimate of drug-likeness (QED) is 0.638. The van der Waals surface area contributed by atoms with Gasteiger partial charge in [-0.3, -0.25) is 19.1 Å². The second-order valence-electron chi connectivity index (χ2n) is 9.84. The van der Waals surface area contributed by atoms with Crippen LogP contribution >= 0.6 is 0 Å². The van der Waals surface area contributed by atoms with E-state index in [4.69, 9.17) is 9.47 Å². The fourth-order valence-corrected chi connectivity index (χ4v) is 3.88. The number of rotatable bonds is 5. The van der Waals surface area contributed by atoms with Gasteiger partial charge in [-0.05, 0) is 58.2 Å². The van der Waals surface area contributed by atoms with Crippen LogP contribution in [0.2, 0.25) is 0 Å². The van der Waals surface area contributed by atoms with E-state index in [9.17, 15) is 23.9 Å². The van der Waals surface area contributed by atoms with Gasteiger partial charge in [0.25, 0.3) is 5.56 Å². The number of aromatic hydroxyl groups is 1. The van der Waals surface area contributed by atoms with E-state index in [1.165, 1.54) is 22.6 Å². The summed E-state index contributed by atoms with van der Waals surface area (Å²) in [5.41, 5.74) is -0.686. The zero-order chi connectivity index (χ0) is 26.1. The number of amides is 1. The van der Waals surface area contributed by atoms with Crippen molar-refractivity contribution < 1.29 is 28.6 Å². The second kappa shape index (κ2) is 10.2. The molecule has 0 radical (unpaired) electrons. The van der Waals surface area contributed by atoms with Crippen LogP contribution in [0.4, 0.5) is 9.18 Å². The third-order valence-corrected chi connectivity index (χ3v) is 5.77. The maximum atomic E-state index is 13.5. The Kier molecular flexibility index (Phi) is 7.64. The smallest absolute Gasteiger partial charge is 0.410 e. The third-order valence-electron chi connectivity index (χ3n) is 5.77. The normalized spacial score (nSPS) is 17.9. The first-order valence-electron chi connectivity index (χ1n) is 11.5. The van der Waals surface area contributed by atoms with Crippen LogP contribution in [-0.4, -0.2) is 57.3 Å². The molecule has 1 aromatic heterocycles. The van der Waals surface area contributed by atoms with Crippen molar-refractivity contribution in [3.05, 3.63) is 57.0 Å². The highest BCUT2D eigenvalue weighted by molar-refractivity contribution is 5.96. The minimum Gasteiger partial charge on any atom is -0.501 e. The summed E-state index contributed by atoms with van der Waals surface area (Å²) in [4.78, 5) is 44.5. The van der Waals surface area contributed by atoms with E-state index in [-0.39, 0.29) is 43.4 Å². The molecule has 190 valence electrons. The molecule has 0 bridgehead atoms. The lowest BCUT2D eigenvalue weighted by molar-refractivity contribution is 0.00854. The minimum absolute atomic E-state index is 0.0276. The molecule has 0 saturated heterocycles. The minimum atomic E-state index is -0.825. The molecule has 0 saturated carbocycles. The van der Waals surface area contributed by atoms with Crippen LogP contribution in [0.5, 0.6) is 5.75 Å². The van der Waals surface area contributed by atoms with E-state index in [2.05, 4.69) is 4.98 Å². The number of hydrogen-bond donors (Lipinski definition) is 1. The Labute approximate surface area is 203 Å². The van der Waals surface area contributed by atoms with E-state index < -0.39 is 40.9 Å². The van der Waals surface area contributed by atoms with Crippen molar-refractivity contribution in [1.29, 1.82) is 0 Å². The molecule has 0 fully saturated rings. The summed E-state index contributed by atoms with van der Waals surface area (Å²) in [5.74, 6) is -1.50. The number of Topliss-reactive ketones (excluding diaryl/α,β-unsaturated/α-hetero) is 1. The van der Waals surface area contributed by atoms with Crippen molar-refractivity contribution in [2.24, 2.45) is 0 Å². The van der Waals surface area contributed by atoms with Gasteiger partial charge in [-0.25, -0.2) is 14.2 Å². The maximum absolute atomic E-state index is 13.5. The van der Waals surface area contributed by atoms with E-state index >= 15 is 0 Å². The molecular weight excluding hydrogens is 457 g/mol. The van der Waals surface area contributed by atoms with Gasteiger partial charge in [0.1, 0.15) is 23.3 Å². The van der Waals surface area contributed by atoms with Gasteiger partial charge in [-0.1, -0.05) is 12.1 Å². The van der Waals surface area contributed by atoms with Crippen molar-refractivity contribution in [2.45, 2.75) is 65.1 Å². The third kappa shape index (κ3) is 5.87. The SMILES string of the molecule is Cc1cc(CCC(=O)c2nc3n(c(=O)c2O)[C@@H](C)COC[C@@H]3N(C)C(=O)OC(C)(C)C)ccc1F. The van der Waals surface area contributed by atoms with Crippen molar-refractivity contribution in [3.8, 4) is 5.75 Å². The maximum Gasteiger partial charge on any atom is 0.410 e. The molecule has 2 atom stereocenters. The van der Waals surface area contributed by atoms with Gasteiger partial charge in [0.15, 0.2) is 11.5 Å². The fourth-order valence-electron chi connectivity index (χ4n) is 3.88. The highest BCUT2D eigenvalue weighted by Gasteiger charge is 2.35. The fraction of sp³-hybridized carbons (Fsp3) is 0.520. The van der Waals surface area contributed by atoms with Crippen molar-refractivity contribution >= 4 is 11.9 Å². The topological polar surface area (TPSA) is 111 Å². The molecule has 1 aliphatic rings. The summed E-state index contributed by atoms with van der Waals surface area (Å²) < 4.78 is 25.9. The highest BCUT2D eigenvalue weighted by Crippen LogP contribution is 2.28. The van der Waals surface area contributed by atoms with E-state index in [0.717, 1.165) is 5.56 Å². The summed E-state index contributed by atoms with van der Waals surface area (Å²) in [6.07, 6.45) is -0.415. The van der Waals surface area contributed by atoms with Crippen LogP contribution < -0.4 is 5.56 Å². The van der Waals surface area contributed by atoms with Crippen LogP contribution in [0.3, 0.4) is 0 Å². The molecule has 2 heterocycles. The lowest BCUT2D eigenvalue weighted by atomic mass is 10.0. The van der Waals surface area contributed by atoms with Crippen molar-refractivity contribution in [2.75, 3.05) is 20.3 Å².